The zero-order valence-electron chi connectivity index (χ0n) is 11.1. The van der Waals surface area contributed by atoms with Crippen LogP contribution in [0.25, 0.3) is 0 Å². The second kappa shape index (κ2) is 6.00. The van der Waals surface area contributed by atoms with Crippen molar-refractivity contribution < 1.29 is 23.8 Å². The van der Waals surface area contributed by atoms with E-state index in [0.29, 0.717) is 18.4 Å². The number of aliphatic carboxylic acids is 1. The quantitative estimate of drug-likeness (QED) is 0.906. The predicted octanol–water partition coefficient (Wildman–Crippen LogP) is 1.42. The summed E-state index contributed by atoms with van der Waals surface area (Å²) in [7, 11) is 1.59. The molecule has 2 atom stereocenters. The third kappa shape index (κ3) is 3.33. The molecule has 0 spiro atoms. The van der Waals surface area contributed by atoms with E-state index in [2.05, 4.69) is 0 Å². The first-order valence-electron chi connectivity index (χ1n) is 6.35. The first-order valence-corrected chi connectivity index (χ1v) is 6.35. The summed E-state index contributed by atoms with van der Waals surface area (Å²) >= 11 is 0. The standard InChI is InChI=1S/C14H16FNO4/c1-16(8-9-3-2-4-10(15)7-9)13(17)11-5-6-12(20-11)14(18)19/h2-4,7,11-12H,5-6,8H2,1H3,(H,18,19). The summed E-state index contributed by atoms with van der Waals surface area (Å²) < 4.78 is 18.3. The van der Waals surface area contributed by atoms with E-state index in [1.807, 2.05) is 0 Å². The molecule has 1 aliphatic rings. The Balaban J connectivity index is 1.94. The number of amides is 1. The SMILES string of the molecule is CN(Cc1cccc(F)c1)C(=O)C1CCC(C(=O)O)O1. The van der Waals surface area contributed by atoms with Crippen molar-refractivity contribution >= 4 is 11.9 Å². The van der Waals surface area contributed by atoms with Crippen LogP contribution in [0, 0.1) is 5.82 Å². The van der Waals surface area contributed by atoms with E-state index in [1.165, 1.54) is 17.0 Å². The fourth-order valence-electron chi connectivity index (χ4n) is 2.23. The van der Waals surface area contributed by atoms with Gasteiger partial charge in [-0.1, -0.05) is 12.1 Å². The fourth-order valence-corrected chi connectivity index (χ4v) is 2.23. The highest BCUT2D eigenvalue weighted by Gasteiger charge is 2.35. The molecule has 20 heavy (non-hydrogen) atoms. The van der Waals surface area contributed by atoms with E-state index in [1.54, 1.807) is 19.2 Å². The van der Waals surface area contributed by atoms with E-state index in [-0.39, 0.29) is 18.3 Å². The van der Waals surface area contributed by atoms with Crippen LogP contribution in [-0.4, -0.2) is 41.1 Å². The molecule has 108 valence electrons. The summed E-state index contributed by atoms with van der Waals surface area (Å²) in [4.78, 5) is 24.3. The van der Waals surface area contributed by atoms with Crippen molar-refractivity contribution in [3.8, 4) is 0 Å². The zero-order chi connectivity index (χ0) is 14.7. The molecule has 2 rings (SSSR count). The van der Waals surface area contributed by atoms with Crippen molar-refractivity contribution in [1.82, 2.24) is 4.90 Å². The van der Waals surface area contributed by atoms with Crippen LogP contribution >= 0.6 is 0 Å². The van der Waals surface area contributed by atoms with E-state index >= 15 is 0 Å². The van der Waals surface area contributed by atoms with Crippen molar-refractivity contribution in [2.24, 2.45) is 0 Å². The smallest absolute Gasteiger partial charge is 0.332 e. The van der Waals surface area contributed by atoms with Gasteiger partial charge in [0.05, 0.1) is 0 Å². The van der Waals surface area contributed by atoms with Gasteiger partial charge >= 0.3 is 5.97 Å². The Bertz CT molecular complexity index is 520. The van der Waals surface area contributed by atoms with E-state index in [4.69, 9.17) is 9.84 Å². The topological polar surface area (TPSA) is 66.8 Å². The van der Waals surface area contributed by atoms with Gasteiger partial charge in [0.25, 0.3) is 5.91 Å². The Morgan fingerprint density at radius 1 is 1.40 bits per heavy atom. The van der Waals surface area contributed by atoms with Crippen molar-refractivity contribution in [3.05, 3.63) is 35.6 Å². The van der Waals surface area contributed by atoms with E-state index in [0.717, 1.165) is 0 Å². The van der Waals surface area contributed by atoms with Crippen LogP contribution in [0.1, 0.15) is 18.4 Å². The minimum absolute atomic E-state index is 0.258. The predicted molar refractivity (Wildman–Crippen MR) is 68.4 cm³/mol. The Morgan fingerprint density at radius 3 is 2.70 bits per heavy atom. The Hall–Kier alpha value is -1.95. The molecule has 2 unspecified atom stereocenters. The fraction of sp³-hybridized carbons (Fsp3) is 0.429. The lowest BCUT2D eigenvalue weighted by Gasteiger charge is -2.21. The van der Waals surface area contributed by atoms with Gasteiger partial charge in [-0.15, -0.1) is 0 Å². The number of hydrogen-bond donors (Lipinski definition) is 1. The monoisotopic (exact) mass is 281 g/mol. The summed E-state index contributed by atoms with van der Waals surface area (Å²) in [5, 5.41) is 8.83. The summed E-state index contributed by atoms with van der Waals surface area (Å²) in [6.07, 6.45) is -0.913. The maximum absolute atomic E-state index is 13.1. The number of benzene rings is 1. The number of hydrogen-bond acceptors (Lipinski definition) is 3. The minimum atomic E-state index is -1.05. The third-order valence-corrected chi connectivity index (χ3v) is 3.26. The lowest BCUT2D eigenvalue weighted by Crippen LogP contribution is -2.36. The zero-order valence-corrected chi connectivity index (χ0v) is 11.1. The molecule has 0 bridgehead atoms. The van der Waals surface area contributed by atoms with Gasteiger partial charge in [0, 0.05) is 13.6 Å². The highest BCUT2D eigenvalue weighted by atomic mass is 19.1. The molecule has 0 aromatic heterocycles. The highest BCUT2D eigenvalue weighted by molar-refractivity contribution is 5.82. The van der Waals surface area contributed by atoms with Crippen LogP contribution in [-0.2, 0) is 20.9 Å². The van der Waals surface area contributed by atoms with Crippen LogP contribution in [0.5, 0.6) is 0 Å². The Morgan fingerprint density at radius 2 is 2.10 bits per heavy atom. The van der Waals surface area contributed by atoms with Crippen molar-refractivity contribution in [1.29, 1.82) is 0 Å². The lowest BCUT2D eigenvalue weighted by molar-refractivity contribution is -0.154. The number of carbonyl (C=O) groups is 2. The van der Waals surface area contributed by atoms with Crippen LogP contribution in [0.4, 0.5) is 4.39 Å². The maximum Gasteiger partial charge on any atom is 0.332 e. The van der Waals surface area contributed by atoms with Crippen LogP contribution < -0.4 is 0 Å². The average Bonchev–Trinajstić information content (AvgIpc) is 2.87. The van der Waals surface area contributed by atoms with E-state index < -0.39 is 18.2 Å². The summed E-state index contributed by atoms with van der Waals surface area (Å²) in [5.74, 6) is -1.68. The first-order chi connectivity index (χ1) is 9.47. The van der Waals surface area contributed by atoms with Crippen LogP contribution in [0.3, 0.4) is 0 Å². The number of carboxylic acid groups (broad SMARTS) is 1. The number of carbonyl (C=O) groups excluding carboxylic acids is 1. The van der Waals surface area contributed by atoms with Crippen LogP contribution in [0.15, 0.2) is 24.3 Å². The number of nitrogens with zero attached hydrogens (tertiary/aromatic N) is 1. The number of ether oxygens (including phenoxy) is 1. The molecular weight excluding hydrogens is 265 g/mol. The van der Waals surface area contributed by atoms with Gasteiger partial charge in [0.2, 0.25) is 0 Å². The number of carboxylic acids is 1. The normalized spacial score (nSPS) is 21.7. The molecule has 0 saturated carbocycles. The van der Waals surface area contributed by atoms with Gasteiger partial charge in [-0.05, 0) is 30.5 Å². The van der Waals surface area contributed by atoms with Gasteiger partial charge in [-0.3, -0.25) is 4.79 Å². The van der Waals surface area contributed by atoms with Crippen molar-refractivity contribution in [3.63, 3.8) is 0 Å². The van der Waals surface area contributed by atoms with Crippen molar-refractivity contribution in [2.45, 2.75) is 31.6 Å². The molecule has 1 aromatic rings. The van der Waals surface area contributed by atoms with Gasteiger partial charge in [0.15, 0.2) is 6.10 Å². The maximum atomic E-state index is 13.1. The second-order valence-electron chi connectivity index (χ2n) is 4.85. The third-order valence-electron chi connectivity index (χ3n) is 3.26. The molecule has 1 N–H and O–H groups in total. The molecule has 0 aliphatic carbocycles. The molecule has 5 nitrogen and oxygen atoms in total. The van der Waals surface area contributed by atoms with Gasteiger partial charge in [0.1, 0.15) is 11.9 Å². The molecule has 1 amide bonds. The van der Waals surface area contributed by atoms with Crippen molar-refractivity contribution in [2.75, 3.05) is 7.05 Å². The van der Waals surface area contributed by atoms with Gasteiger partial charge in [-0.2, -0.15) is 0 Å². The molecular formula is C14H16FNO4. The molecule has 1 saturated heterocycles. The minimum Gasteiger partial charge on any atom is -0.479 e. The van der Waals surface area contributed by atoms with Gasteiger partial charge < -0.3 is 14.7 Å². The first kappa shape index (κ1) is 14.5. The van der Waals surface area contributed by atoms with Crippen LogP contribution in [0.2, 0.25) is 0 Å². The molecule has 1 heterocycles. The summed E-state index contributed by atoms with van der Waals surface area (Å²) in [5.41, 5.74) is 0.675. The van der Waals surface area contributed by atoms with E-state index in [9.17, 15) is 14.0 Å². The highest BCUT2D eigenvalue weighted by Crippen LogP contribution is 2.22. The lowest BCUT2D eigenvalue weighted by atomic mass is 10.1. The summed E-state index contributed by atoms with van der Waals surface area (Å²) in [6.45, 7) is 0.258. The molecule has 0 radical (unpaired) electrons. The molecule has 1 aliphatic heterocycles. The number of likely N-dealkylation sites (N-methyl/N-ethyl adjacent to an activating group) is 1. The second-order valence-corrected chi connectivity index (χ2v) is 4.85. The van der Waals surface area contributed by atoms with Gasteiger partial charge in [-0.25, -0.2) is 9.18 Å². The number of halogens is 1. The molecule has 6 heteroatoms. The molecule has 1 fully saturated rings. The largest absolute Gasteiger partial charge is 0.479 e. The molecule has 1 aromatic carbocycles. The Labute approximate surface area is 116 Å². The summed E-state index contributed by atoms with van der Waals surface area (Å²) in [6, 6.07) is 6.00. The number of rotatable bonds is 4. The Kier molecular flexibility index (Phi) is 4.34. The average molecular weight is 281 g/mol.